The molecule has 0 aromatic rings. The predicted molar refractivity (Wildman–Crippen MR) is 69.8 cm³/mol. The maximum atomic E-state index is 5.53. The third-order valence-corrected chi connectivity index (χ3v) is 4.22. The van der Waals surface area contributed by atoms with Gasteiger partial charge in [0.1, 0.15) is 0 Å². The Morgan fingerprint density at radius 2 is 1.88 bits per heavy atom. The molecule has 1 N–H and O–H groups in total. The summed E-state index contributed by atoms with van der Waals surface area (Å²) >= 11 is 0. The SMILES string of the molecule is CCNCC1(CCC(C)(C)OC)CCCC1. The van der Waals surface area contributed by atoms with E-state index >= 15 is 0 Å². The molecule has 0 unspecified atom stereocenters. The predicted octanol–water partition coefficient (Wildman–Crippen LogP) is 3.36. The summed E-state index contributed by atoms with van der Waals surface area (Å²) in [6.07, 6.45) is 8.12. The van der Waals surface area contributed by atoms with Gasteiger partial charge in [-0.1, -0.05) is 19.8 Å². The van der Waals surface area contributed by atoms with E-state index < -0.39 is 0 Å². The summed E-state index contributed by atoms with van der Waals surface area (Å²) in [5, 5.41) is 3.54. The van der Waals surface area contributed by atoms with E-state index in [4.69, 9.17) is 4.74 Å². The van der Waals surface area contributed by atoms with E-state index in [0.717, 1.165) is 6.54 Å². The fourth-order valence-corrected chi connectivity index (χ4v) is 2.70. The van der Waals surface area contributed by atoms with Crippen LogP contribution in [-0.2, 0) is 4.74 Å². The van der Waals surface area contributed by atoms with Crippen molar-refractivity contribution in [2.24, 2.45) is 5.41 Å². The van der Waals surface area contributed by atoms with E-state index in [1.807, 2.05) is 7.11 Å². The van der Waals surface area contributed by atoms with Crippen molar-refractivity contribution in [2.75, 3.05) is 20.2 Å². The molecule has 0 aromatic carbocycles. The zero-order valence-electron chi connectivity index (χ0n) is 11.6. The monoisotopic (exact) mass is 227 g/mol. The highest BCUT2D eigenvalue weighted by Gasteiger charge is 2.34. The minimum Gasteiger partial charge on any atom is -0.379 e. The van der Waals surface area contributed by atoms with Crippen LogP contribution in [0.4, 0.5) is 0 Å². The van der Waals surface area contributed by atoms with Crippen LogP contribution in [0.25, 0.3) is 0 Å². The molecule has 1 saturated carbocycles. The molecule has 0 aromatic heterocycles. The zero-order valence-corrected chi connectivity index (χ0v) is 11.6. The molecule has 1 aliphatic carbocycles. The summed E-state index contributed by atoms with van der Waals surface area (Å²) in [6.45, 7) is 8.88. The summed E-state index contributed by atoms with van der Waals surface area (Å²) in [4.78, 5) is 0. The lowest BCUT2D eigenvalue weighted by Gasteiger charge is -2.33. The molecule has 0 atom stereocenters. The number of nitrogens with one attached hydrogen (secondary N) is 1. The smallest absolute Gasteiger partial charge is 0.0623 e. The Balaban J connectivity index is 2.45. The van der Waals surface area contributed by atoms with Gasteiger partial charge in [0.2, 0.25) is 0 Å². The van der Waals surface area contributed by atoms with Crippen molar-refractivity contribution in [3.63, 3.8) is 0 Å². The Kier molecular flexibility index (Phi) is 5.26. The van der Waals surface area contributed by atoms with E-state index in [-0.39, 0.29) is 5.60 Å². The van der Waals surface area contributed by atoms with E-state index in [1.54, 1.807) is 0 Å². The van der Waals surface area contributed by atoms with Crippen LogP contribution in [0.2, 0.25) is 0 Å². The topological polar surface area (TPSA) is 21.3 Å². The Bertz CT molecular complexity index is 195. The first kappa shape index (κ1) is 14.0. The van der Waals surface area contributed by atoms with Crippen LogP contribution in [0, 0.1) is 5.41 Å². The van der Waals surface area contributed by atoms with Gasteiger partial charge in [-0.2, -0.15) is 0 Å². The van der Waals surface area contributed by atoms with Crippen LogP contribution in [0.3, 0.4) is 0 Å². The van der Waals surface area contributed by atoms with Gasteiger partial charge in [0, 0.05) is 13.7 Å². The summed E-state index contributed by atoms with van der Waals surface area (Å²) in [7, 11) is 1.83. The lowest BCUT2D eigenvalue weighted by atomic mass is 9.79. The van der Waals surface area contributed by atoms with Gasteiger partial charge in [-0.3, -0.25) is 0 Å². The lowest BCUT2D eigenvalue weighted by Crippen LogP contribution is -2.34. The molecule has 0 amide bonds. The Morgan fingerprint density at radius 3 is 2.38 bits per heavy atom. The number of methoxy groups -OCH3 is 1. The minimum atomic E-state index is 0.0435. The van der Waals surface area contributed by atoms with Gasteiger partial charge in [0.25, 0.3) is 0 Å². The zero-order chi connectivity index (χ0) is 12.1. The largest absolute Gasteiger partial charge is 0.379 e. The van der Waals surface area contributed by atoms with Gasteiger partial charge >= 0.3 is 0 Å². The second-order valence-electron chi connectivity index (χ2n) is 5.95. The van der Waals surface area contributed by atoms with Crippen LogP contribution >= 0.6 is 0 Å². The van der Waals surface area contributed by atoms with Crippen molar-refractivity contribution in [1.29, 1.82) is 0 Å². The molecule has 0 saturated heterocycles. The van der Waals surface area contributed by atoms with Gasteiger partial charge in [-0.25, -0.2) is 0 Å². The Labute approximate surface area is 101 Å². The number of hydrogen-bond donors (Lipinski definition) is 1. The average Bonchev–Trinajstić information content (AvgIpc) is 2.74. The normalized spacial score (nSPS) is 20.2. The maximum Gasteiger partial charge on any atom is 0.0623 e. The highest BCUT2D eigenvalue weighted by atomic mass is 16.5. The molecule has 0 radical (unpaired) electrons. The van der Waals surface area contributed by atoms with Crippen LogP contribution in [0.1, 0.15) is 59.3 Å². The highest BCUT2D eigenvalue weighted by Crippen LogP contribution is 2.42. The molecule has 0 aliphatic heterocycles. The Hall–Kier alpha value is -0.0800. The second kappa shape index (κ2) is 6.02. The van der Waals surface area contributed by atoms with Gasteiger partial charge in [-0.15, -0.1) is 0 Å². The fourth-order valence-electron chi connectivity index (χ4n) is 2.70. The summed E-state index contributed by atoms with van der Waals surface area (Å²) in [5.41, 5.74) is 0.605. The van der Waals surface area contributed by atoms with E-state index in [1.165, 1.54) is 45.1 Å². The van der Waals surface area contributed by atoms with E-state index in [9.17, 15) is 0 Å². The van der Waals surface area contributed by atoms with Gasteiger partial charge in [0.15, 0.2) is 0 Å². The number of rotatable bonds is 7. The number of hydrogen-bond acceptors (Lipinski definition) is 2. The first-order chi connectivity index (χ1) is 7.54. The molecule has 0 heterocycles. The summed E-state index contributed by atoms with van der Waals surface area (Å²) < 4.78 is 5.53. The third-order valence-electron chi connectivity index (χ3n) is 4.22. The molecule has 1 fully saturated rings. The fraction of sp³-hybridized carbons (Fsp3) is 1.00. The van der Waals surface area contributed by atoms with E-state index in [2.05, 4.69) is 26.1 Å². The molecule has 1 aliphatic rings. The van der Waals surface area contributed by atoms with Crippen LogP contribution in [0.5, 0.6) is 0 Å². The van der Waals surface area contributed by atoms with Crippen molar-refractivity contribution in [3.8, 4) is 0 Å². The van der Waals surface area contributed by atoms with Crippen molar-refractivity contribution in [2.45, 2.75) is 64.9 Å². The molecule has 2 heteroatoms. The summed E-state index contributed by atoms with van der Waals surface area (Å²) in [6, 6.07) is 0. The van der Waals surface area contributed by atoms with Gasteiger partial charge in [0.05, 0.1) is 5.60 Å². The van der Waals surface area contributed by atoms with E-state index in [0.29, 0.717) is 5.41 Å². The summed E-state index contributed by atoms with van der Waals surface area (Å²) in [5.74, 6) is 0. The maximum absolute atomic E-state index is 5.53. The molecule has 96 valence electrons. The first-order valence-corrected chi connectivity index (χ1v) is 6.79. The average molecular weight is 227 g/mol. The highest BCUT2D eigenvalue weighted by molar-refractivity contribution is 4.88. The molecule has 0 spiro atoms. The molecule has 1 rings (SSSR count). The molecule has 0 bridgehead atoms. The van der Waals surface area contributed by atoms with Crippen molar-refractivity contribution >= 4 is 0 Å². The third kappa shape index (κ3) is 4.06. The van der Waals surface area contributed by atoms with Crippen molar-refractivity contribution < 1.29 is 4.74 Å². The van der Waals surface area contributed by atoms with Gasteiger partial charge in [-0.05, 0) is 51.5 Å². The molecular formula is C14H29NO. The van der Waals surface area contributed by atoms with Crippen LogP contribution in [0.15, 0.2) is 0 Å². The molecule has 2 nitrogen and oxygen atoms in total. The molecule has 16 heavy (non-hydrogen) atoms. The van der Waals surface area contributed by atoms with Crippen molar-refractivity contribution in [3.05, 3.63) is 0 Å². The minimum absolute atomic E-state index is 0.0435. The standard InChI is InChI=1S/C14H29NO/c1-5-15-12-14(8-6-7-9-14)11-10-13(2,3)16-4/h15H,5-12H2,1-4H3. The van der Waals surface area contributed by atoms with Crippen LogP contribution in [-0.4, -0.2) is 25.8 Å². The van der Waals surface area contributed by atoms with Crippen molar-refractivity contribution in [1.82, 2.24) is 5.32 Å². The van der Waals surface area contributed by atoms with Crippen LogP contribution < -0.4 is 5.32 Å². The quantitative estimate of drug-likeness (QED) is 0.720. The van der Waals surface area contributed by atoms with Gasteiger partial charge < -0.3 is 10.1 Å². The Morgan fingerprint density at radius 1 is 1.25 bits per heavy atom. The second-order valence-corrected chi connectivity index (χ2v) is 5.95. The molecular weight excluding hydrogens is 198 g/mol. The first-order valence-electron chi connectivity index (χ1n) is 6.79. The number of ether oxygens (including phenoxy) is 1. The lowest BCUT2D eigenvalue weighted by molar-refractivity contribution is 0.00371.